The Kier molecular flexibility index (Phi) is 4.29. The van der Waals surface area contributed by atoms with Gasteiger partial charge >= 0.3 is 12.1 Å². The van der Waals surface area contributed by atoms with Gasteiger partial charge in [0.2, 0.25) is 0 Å². The van der Waals surface area contributed by atoms with Gasteiger partial charge in [0.15, 0.2) is 0 Å². The van der Waals surface area contributed by atoms with Crippen molar-refractivity contribution in [1.82, 2.24) is 10.2 Å². The van der Waals surface area contributed by atoms with Crippen LogP contribution in [0.4, 0.5) is 21.0 Å². The van der Waals surface area contributed by atoms with Gasteiger partial charge < -0.3 is 26.0 Å². The van der Waals surface area contributed by atoms with Crippen LogP contribution in [0.1, 0.15) is 6.42 Å². The smallest absolute Gasteiger partial charge is 0.407 e. The highest BCUT2D eigenvalue weighted by molar-refractivity contribution is 5.89. The Hall–Kier alpha value is -2.44. The Balaban J connectivity index is 1.85. The van der Waals surface area contributed by atoms with Gasteiger partial charge in [-0.15, -0.1) is 0 Å². The maximum Gasteiger partial charge on any atom is 0.407 e. The van der Waals surface area contributed by atoms with E-state index in [2.05, 4.69) is 15.4 Å². The average molecular weight is 278 g/mol. The van der Waals surface area contributed by atoms with E-state index in [1.807, 2.05) is 0 Å². The monoisotopic (exact) mass is 278 g/mol. The third kappa shape index (κ3) is 3.53. The van der Waals surface area contributed by atoms with Crippen LogP contribution in [0.25, 0.3) is 0 Å². The van der Waals surface area contributed by atoms with Crippen LogP contribution >= 0.6 is 0 Å². The molecule has 1 heterocycles. The molecule has 0 aliphatic carbocycles. The summed E-state index contributed by atoms with van der Waals surface area (Å²) < 4.78 is 4.53. The van der Waals surface area contributed by atoms with E-state index in [1.165, 1.54) is 7.11 Å². The zero-order valence-electron chi connectivity index (χ0n) is 11.3. The zero-order valence-corrected chi connectivity index (χ0v) is 11.3. The van der Waals surface area contributed by atoms with Crippen molar-refractivity contribution in [3.05, 3.63) is 24.3 Å². The lowest BCUT2D eigenvalue weighted by molar-refractivity contribution is 0.166. The number of likely N-dealkylation sites (tertiary alicyclic amines) is 1. The number of anilines is 2. The number of hydrogen-bond donors (Lipinski definition) is 3. The first kappa shape index (κ1) is 14.0. The summed E-state index contributed by atoms with van der Waals surface area (Å²) in [5, 5.41) is 5.47. The molecule has 2 rings (SSSR count). The maximum absolute atomic E-state index is 12.0. The number of alkyl carbamates (subject to hydrolysis) is 1. The molecule has 3 amide bonds. The second-order valence-electron chi connectivity index (χ2n) is 4.62. The summed E-state index contributed by atoms with van der Waals surface area (Å²) in [6, 6.07) is 6.67. The molecule has 0 bridgehead atoms. The number of nitrogen functional groups attached to an aromatic ring is 1. The molecule has 0 saturated carbocycles. The normalized spacial score (nSPS) is 17.6. The van der Waals surface area contributed by atoms with Crippen LogP contribution < -0.4 is 16.4 Å². The molecule has 0 radical (unpaired) electrons. The quantitative estimate of drug-likeness (QED) is 0.709. The van der Waals surface area contributed by atoms with Crippen LogP contribution in [0, 0.1) is 0 Å². The minimum Gasteiger partial charge on any atom is -0.453 e. The summed E-state index contributed by atoms with van der Waals surface area (Å²) in [5.74, 6) is 0. The standard InChI is InChI=1S/C13H18N4O3/c1-20-13(19)16-11-6-7-17(8-11)12(18)15-10-4-2-9(14)3-5-10/h2-5,11H,6-8,14H2,1H3,(H,15,18)(H,16,19). The molecule has 4 N–H and O–H groups in total. The van der Waals surface area contributed by atoms with E-state index in [4.69, 9.17) is 5.73 Å². The van der Waals surface area contributed by atoms with E-state index in [1.54, 1.807) is 29.2 Å². The molecule has 1 unspecified atom stereocenters. The number of ether oxygens (including phenoxy) is 1. The molecule has 1 saturated heterocycles. The summed E-state index contributed by atoms with van der Waals surface area (Å²) in [6.07, 6.45) is 0.236. The molecule has 1 aromatic carbocycles. The van der Waals surface area contributed by atoms with Crippen molar-refractivity contribution >= 4 is 23.5 Å². The van der Waals surface area contributed by atoms with E-state index >= 15 is 0 Å². The van der Waals surface area contributed by atoms with Gasteiger partial charge in [-0.3, -0.25) is 0 Å². The molecule has 0 aromatic heterocycles. The minimum absolute atomic E-state index is 0.0698. The van der Waals surface area contributed by atoms with E-state index in [0.717, 1.165) is 0 Å². The number of nitrogens with zero attached hydrogens (tertiary/aromatic N) is 1. The molecule has 1 fully saturated rings. The fourth-order valence-electron chi connectivity index (χ4n) is 2.06. The lowest BCUT2D eigenvalue weighted by Crippen LogP contribution is -2.39. The molecule has 20 heavy (non-hydrogen) atoms. The van der Waals surface area contributed by atoms with Crippen LogP contribution in [0.15, 0.2) is 24.3 Å². The number of benzene rings is 1. The molecular weight excluding hydrogens is 260 g/mol. The van der Waals surface area contributed by atoms with Gasteiger partial charge in [-0.1, -0.05) is 0 Å². The number of nitrogens with two attached hydrogens (primary N) is 1. The predicted molar refractivity (Wildman–Crippen MR) is 75.4 cm³/mol. The number of carbonyl (C=O) groups excluding carboxylic acids is 2. The van der Waals surface area contributed by atoms with Crippen LogP contribution in [0.3, 0.4) is 0 Å². The number of rotatable bonds is 2. The molecule has 7 heteroatoms. The maximum atomic E-state index is 12.0. The van der Waals surface area contributed by atoms with Gasteiger partial charge in [0.1, 0.15) is 0 Å². The lowest BCUT2D eigenvalue weighted by Gasteiger charge is -2.17. The summed E-state index contributed by atoms with van der Waals surface area (Å²) >= 11 is 0. The first-order valence-corrected chi connectivity index (χ1v) is 6.34. The summed E-state index contributed by atoms with van der Waals surface area (Å²) in [4.78, 5) is 24.8. The van der Waals surface area contributed by atoms with E-state index < -0.39 is 6.09 Å². The number of nitrogens with one attached hydrogen (secondary N) is 2. The van der Waals surface area contributed by atoms with Crippen molar-refractivity contribution in [1.29, 1.82) is 0 Å². The van der Waals surface area contributed by atoms with Crippen molar-refractivity contribution in [3.8, 4) is 0 Å². The lowest BCUT2D eigenvalue weighted by atomic mass is 10.3. The highest BCUT2D eigenvalue weighted by Gasteiger charge is 2.27. The van der Waals surface area contributed by atoms with Gasteiger partial charge in [-0.05, 0) is 30.7 Å². The van der Waals surface area contributed by atoms with Crippen LogP contribution in [0.5, 0.6) is 0 Å². The van der Waals surface area contributed by atoms with Crippen LogP contribution in [0.2, 0.25) is 0 Å². The Morgan fingerprint density at radius 2 is 2.05 bits per heavy atom. The number of carbonyl (C=O) groups is 2. The largest absolute Gasteiger partial charge is 0.453 e. The van der Waals surface area contributed by atoms with E-state index in [0.29, 0.717) is 30.9 Å². The first-order chi connectivity index (χ1) is 9.58. The van der Waals surface area contributed by atoms with Crippen molar-refractivity contribution in [2.24, 2.45) is 0 Å². The summed E-state index contributed by atoms with van der Waals surface area (Å²) in [6.45, 7) is 1.06. The first-order valence-electron chi connectivity index (χ1n) is 6.34. The van der Waals surface area contributed by atoms with Gasteiger partial charge in [-0.25, -0.2) is 9.59 Å². The number of methoxy groups -OCH3 is 1. The SMILES string of the molecule is COC(=O)NC1CCN(C(=O)Nc2ccc(N)cc2)C1. The van der Waals surface area contributed by atoms with Crippen molar-refractivity contribution in [3.63, 3.8) is 0 Å². The molecule has 1 aromatic rings. The van der Waals surface area contributed by atoms with Gasteiger partial charge in [0.25, 0.3) is 0 Å². The second-order valence-corrected chi connectivity index (χ2v) is 4.62. The molecule has 1 aliphatic rings. The Morgan fingerprint density at radius 3 is 2.70 bits per heavy atom. The Labute approximate surface area is 117 Å². The fourth-order valence-corrected chi connectivity index (χ4v) is 2.06. The average Bonchev–Trinajstić information content (AvgIpc) is 2.89. The van der Waals surface area contributed by atoms with Gasteiger partial charge in [0.05, 0.1) is 13.2 Å². The highest BCUT2D eigenvalue weighted by atomic mass is 16.5. The molecule has 0 spiro atoms. The van der Waals surface area contributed by atoms with Crippen molar-refractivity contribution in [2.75, 3.05) is 31.2 Å². The number of hydrogen-bond acceptors (Lipinski definition) is 4. The number of amides is 3. The molecule has 1 aliphatic heterocycles. The van der Waals surface area contributed by atoms with E-state index in [-0.39, 0.29) is 12.1 Å². The minimum atomic E-state index is -0.476. The topological polar surface area (TPSA) is 96.7 Å². The fraction of sp³-hybridized carbons (Fsp3) is 0.385. The van der Waals surface area contributed by atoms with Crippen molar-refractivity contribution in [2.45, 2.75) is 12.5 Å². The van der Waals surface area contributed by atoms with Crippen LogP contribution in [-0.4, -0.2) is 43.3 Å². The van der Waals surface area contributed by atoms with Gasteiger partial charge in [0, 0.05) is 24.5 Å². The predicted octanol–water partition coefficient (Wildman–Crippen LogP) is 1.23. The zero-order chi connectivity index (χ0) is 14.5. The third-order valence-corrected chi connectivity index (χ3v) is 3.14. The number of urea groups is 1. The van der Waals surface area contributed by atoms with E-state index in [9.17, 15) is 9.59 Å². The summed E-state index contributed by atoms with van der Waals surface area (Å²) in [5.41, 5.74) is 6.92. The third-order valence-electron chi connectivity index (χ3n) is 3.14. The highest BCUT2D eigenvalue weighted by Crippen LogP contribution is 2.14. The molecule has 1 atom stereocenters. The second kappa shape index (κ2) is 6.14. The Morgan fingerprint density at radius 1 is 1.35 bits per heavy atom. The van der Waals surface area contributed by atoms with Gasteiger partial charge in [-0.2, -0.15) is 0 Å². The van der Waals surface area contributed by atoms with Crippen LogP contribution in [-0.2, 0) is 4.74 Å². The Bertz CT molecular complexity index is 489. The summed E-state index contributed by atoms with van der Waals surface area (Å²) in [7, 11) is 1.32. The molecule has 7 nitrogen and oxygen atoms in total. The van der Waals surface area contributed by atoms with Crippen molar-refractivity contribution < 1.29 is 14.3 Å². The molecule has 108 valence electrons. The molecular formula is C13H18N4O3.